The van der Waals surface area contributed by atoms with Crippen LogP contribution in [0.25, 0.3) is 10.9 Å². The van der Waals surface area contributed by atoms with Crippen molar-refractivity contribution in [2.75, 3.05) is 37.5 Å². The lowest BCUT2D eigenvalue weighted by atomic mass is 10.1. The first-order valence-electron chi connectivity index (χ1n) is 14.3. The summed E-state index contributed by atoms with van der Waals surface area (Å²) in [6.45, 7) is 7.41. The summed E-state index contributed by atoms with van der Waals surface area (Å²) in [4.78, 5) is 10.7. The molecule has 0 bridgehead atoms. The van der Waals surface area contributed by atoms with E-state index in [0.717, 1.165) is 10.4 Å². The SMILES string of the molecule is CSc1nc(N(CC(O)CO[Si](c2ccccc2)(c2ccccc2)C(C)(C)C)C2CCOC2)c2c(F)c(Cl)c(Br)c(F)c2n1. The molecule has 4 aromatic rings. The van der Waals surface area contributed by atoms with E-state index < -0.39 is 31.1 Å². The van der Waals surface area contributed by atoms with Gasteiger partial charge < -0.3 is 19.2 Å². The topological polar surface area (TPSA) is 67.7 Å². The zero-order valence-corrected chi connectivity index (χ0v) is 29.1. The Morgan fingerprint density at radius 3 is 2.23 bits per heavy atom. The summed E-state index contributed by atoms with van der Waals surface area (Å²) >= 11 is 10.5. The summed E-state index contributed by atoms with van der Waals surface area (Å²) in [5, 5.41) is 13.3. The van der Waals surface area contributed by atoms with Crippen LogP contribution in [0.5, 0.6) is 0 Å². The van der Waals surface area contributed by atoms with E-state index in [1.807, 2.05) is 36.4 Å². The molecule has 2 atom stereocenters. The number of thioether (sulfide) groups is 1. The molecule has 0 amide bonds. The Balaban J connectivity index is 1.56. The molecule has 1 aliphatic rings. The average molecular weight is 723 g/mol. The fraction of sp³-hybridized carbons (Fsp3) is 0.375. The molecular weight excluding hydrogens is 688 g/mol. The fourth-order valence-corrected chi connectivity index (χ4v) is 11.4. The van der Waals surface area contributed by atoms with Crippen LogP contribution >= 0.6 is 39.3 Å². The van der Waals surface area contributed by atoms with Gasteiger partial charge in [0.25, 0.3) is 8.32 Å². The highest BCUT2D eigenvalue weighted by Crippen LogP contribution is 2.40. The number of aromatic nitrogens is 2. The fourth-order valence-electron chi connectivity index (χ4n) is 5.93. The molecule has 2 heterocycles. The van der Waals surface area contributed by atoms with Gasteiger partial charge in [-0.05, 0) is 44.0 Å². The molecular formula is C32H35BrClF2N3O3SSi. The van der Waals surface area contributed by atoms with Crippen molar-refractivity contribution >= 4 is 74.7 Å². The van der Waals surface area contributed by atoms with Crippen molar-refractivity contribution in [3.63, 3.8) is 0 Å². The average Bonchev–Trinajstić information content (AvgIpc) is 3.56. The minimum atomic E-state index is -2.93. The summed E-state index contributed by atoms with van der Waals surface area (Å²) < 4.78 is 43.7. The van der Waals surface area contributed by atoms with Crippen LogP contribution < -0.4 is 15.3 Å². The molecule has 0 spiro atoms. The number of aliphatic hydroxyl groups excluding tert-OH is 1. The van der Waals surface area contributed by atoms with Gasteiger partial charge in [0.2, 0.25) is 0 Å². The molecule has 234 valence electrons. The Kier molecular flexibility index (Phi) is 10.4. The van der Waals surface area contributed by atoms with Gasteiger partial charge in [-0.3, -0.25) is 0 Å². The molecule has 0 aliphatic carbocycles. The second-order valence-corrected chi connectivity index (χ2v) is 18.1. The first-order valence-corrected chi connectivity index (χ1v) is 18.6. The van der Waals surface area contributed by atoms with Gasteiger partial charge in [-0.2, -0.15) is 0 Å². The van der Waals surface area contributed by atoms with Crippen molar-refractivity contribution in [2.24, 2.45) is 0 Å². The lowest BCUT2D eigenvalue weighted by Gasteiger charge is -2.43. The number of nitrogens with zero attached hydrogens (tertiary/aromatic N) is 3. The zero-order chi connectivity index (χ0) is 31.6. The van der Waals surface area contributed by atoms with Crippen LogP contribution in [0.1, 0.15) is 27.2 Å². The summed E-state index contributed by atoms with van der Waals surface area (Å²) in [6, 6.07) is 20.1. The monoisotopic (exact) mass is 721 g/mol. The molecule has 1 saturated heterocycles. The summed E-state index contributed by atoms with van der Waals surface area (Å²) in [6.07, 6.45) is 1.38. The van der Waals surface area contributed by atoms with E-state index in [1.54, 1.807) is 11.2 Å². The Hall–Kier alpha value is -2.12. The molecule has 3 aromatic carbocycles. The summed E-state index contributed by atoms with van der Waals surface area (Å²) in [7, 11) is -2.93. The first-order chi connectivity index (χ1) is 21.0. The van der Waals surface area contributed by atoms with Crippen LogP contribution in [0.2, 0.25) is 10.1 Å². The highest BCUT2D eigenvalue weighted by atomic mass is 79.9. The minimum Gasteiger partial charge on any atom is -0.405 e. The van der Waals surface area contributed by atoms with Crippen LogP contribution in [-0.4, -0.2) is 68.2 Å². The van der Waals surface area contributed by atoms with Gasteiger partial charge in [-0.25, -0.2) is 18.7 Å². The van der Waals surface area contributed by atoms with Crippen molar-refractivity contribution in [2.45, 2.75) is 49.5 Å². The number of rotatable bonds is 10. The first kappa shape index (κ1) is 33.2. The minimum absolute atomic E-state index is 0.0128. The third kappa shape index (κ3) is 6.29. The second kappa shape index (κ2) is 13.7. The zero-order valence-electron chi connectivity index (χ0n) is 25.0. The Labute approximate surface area is 275 Å². The Morgan fingerprint density at radius 2 is 1.70 bits per heavy atom. The highest BCUT2D eigenvalue weighted by Gasteiger charge is 2.50. The predicted octanol–water partition coefficient (Wildman–Crippen LogP) is 6.58. The van der Waals surface area contributed by atoms with E-state index in [1.165, 1.54) is 11.8 Å². The highest BCUT2D eigenvalue weighted by molar-refractivity contribution is 9.10. The van der Waals surface area contributed by atoms with Crippen molar-refractivity contribution < 1.29 is 23.1 Å². The lowest BCUT2D eigenvalue weighted by molar-refractivity contribution is 0.104. The van der Waals surface area contributed by atoms with E-state index >= 15 is 8.78 Å². The third-order valence-corrected chi connectivity index (χ3v) is 14.9. The normalized spacial score (nSPS) is 16.4. The van der Waals surface area contributed by atoms with Crippen LogP contribution in [-0.2, 0) is 9.16 Å². The number of hydrogen-bond acceptors (Lipinski definition) is 7. The largest absolute Gasteiger partial charge is 0.405 e. The van der Waals surface area contributed by atoms with E-state index in [4.69, 9.17) is 20.8 Å². The van der Waals surface area contributed by atoms with Gasteiger partial charge >= 0.3 is 0 Å². The molecule has 2 unspecified atom stereocenters. The maximum Gasteiger partial charge on any atom is 0.261 e. The number of aliphatic hydroxyl groups is 1. The molecule has 5 rings (SSSR count). The summed E-state index contributed by atoms with van der Waals surface area (Å²) in [5.74, 6) is -1.45. The predicted molar refractivity (Wildman–Crippen MR) is 180 cm³/mol. The van der Waals surface area contributed by atoms with Crippen LogP contribution in [0, 0.1) is 11.6 Å². The number of hydrogen-bond donors (Lipinski definition) is 1. The van der Waals surface area contributed by atoms with Crippen molar-refractivity contribution in [1.82, 2.24) is 9.97 Å². The van der Waals surface area contributed by atoms with E-state index in [0.29, 0.717) is 19.6 Å². The smallest absolute Gasteiger partial charge is 0.261 e. The Bertz CT molecular complexity index is 1570. The molecule has 0 radical (unpaired) electrons. The van der Waals surface area contributed by atoms with Crippen molar-refractivity contribution in [3.8, 4) is 0 Å². The molecule has 1 aromatic heterocycles. The van der Waals surface area contributed by atoms with E-state index in [-0.39, 0.29) is 50.6 Å². The molecule has 12 heteroatoms. The number of fused-ring (bicyclic) bond motifs is 1. The maximum atomic E-state index is 15.8. The number of halogens is 4. The summed E-state index contributed by atoms with van der Waals surface area (Å²) in [5.41, 5.74) is -0.185. The quantitative estimate of drug-likeness (QED) is 0.0653. The number of ether oxygens (including phenoxy) is 1. The third-order valence-electron chi connectivity index (χ3n) is 7.99. The maximum absolute atomic E-state index is 15.8. The second-order valence-electron chi connectivity index (χ2n) is 11.8. The number of anilines is 1. The molecule has 6 nitrogen and oxygen atoms in total. The molecule has 1 aliphatic heterocycles. The molecule has 1 fully saturated rings. The Morgan fingerprint density at radius 1 is 1.09 bits per heavy atom. The van der Waals surface area contributed by atoms with Gasteiger partial charge in [0.1, 0.15) is 11.3 Å². The molecule has 1 N–H and O–H groups in total. The van der Waals surface area contributed by atoms with Gasteiger partial charge in [0.15, 0.2) is 16.8 Å². The van der Waals surface area contributed by atoms with Gasteiger partial charge in [-0.1, -0.05) is 105 Å². The van der Waals surface area contributed by atoms with E-state index in [2.05, 4.69) is 70.9 Å². The van der Waals surface area contributed by atoms with Gasteiger partial charge in [0.05, 0.1) is 40.2 Å². The van der Waals surface area contributed by atoms with Crippen LogP contribution in [0.15, 0.2) is 70.3 Å². The standard InChI is InChI=1S/C32H35BrClF2N3O3SSi/c1-32(2,3)44(22-11-7-5-8-12-22,23-13-9-6-10-14-23)42-19-21(40)17-39(20-15-16-41-18-20)30-24-27(35)26(34)25(33)28(36)29(24)37-31(38-30)43-4/h5-14,20-21,40H,15-19H2,1-4H3. The van der Waals surface area contributed by atoms with E-state index in [9.17, 15) is 5.11 Å². The number of benzene rings is 3. The van der Waals surface area contributed by atoms with Crippen molar-refractivity contribution in [1.29, 1.82) is 0 Å². The van der Waals surface area contributed by atoms with Crippen LogP contribution in [0.4, 0.5) is 14.6 Å². The molecule has 44 heavy (non-hydrogen) atoms. The lowest BCUT2D eigenvalue weighted by Crippen LogP contribution is -2.67. The van der Waals surface area contributed by atoms with Gasteiger partial charge in [-0.15, -0.1) is 0 Å². The van der Waals surface area contributed by atoms with Crippen molar-refractivity contribution in [3.05, 3.63) is 81.8 Å². The van der Waals surface area contributed by atoms with Crippen LogP contribution in [0.3, 0.4) is 0 Å². The van der Waals surface area contributed by atoms with Gasteiger partial charge in [0, 0.05) is 13.2 Å². The molecule has 0 saturated carbocycles.